The normalized spacial score (nSPS) is 12.9. The van der Waals surface area contributed by atoms with E-state index >= 15 is 0 Å². The largest absolute Gasteiger partial charge is 0.418 e. The summed E-state index contributed by atoms with van der Waals surface area (Å²) in [5.41, 5.74) is -0.835. The molecule has 0 aliphatic carbocycles. The second-order valence-corrected chi connectivity index (χ2v) is 5.86. The molecule has 2 aromatic rings. The molecule has 0 spiro atoms. The van der Waals surface area contributed by atoms with Crippen molar-refractivity contribution >= 4 is 11.6 Å². The first-order chi connectivity index (χ1) is 12.1. The first kappa shape index (κ1) is 19.8. The van der Waals surface area contributed by atoms with Gasteiger partial charge >= 0.3 is 6.18 Å². The minimum Gasteiger partial charge on any atom is -0.324 e. The maximum Gasteiger partial charge on any atom is 0.418 e. The molecular formula is C18H17F5N2O. The summed E-state index contributed by atoms with van der Waals surface area (Å²) in [5, 5.41) is 2.24. The molecule has 0 radical (unpaired) electrons. The Balaban J connectivity index is 2.07. The van der Waals surface area contributed by atoms with E-state index in [2.05, 4.69) is 5.32 Å². The van der Waals surface area contributed by atoms with Crippen molar-refractivity contribution in [2.75, 3.05) is 18.9 Å². The molecule has 0 saturated carbocycles. The molecule has 2 aromatic carbocycles. The van der Waals surface area contributed by atoms with Crippen LogP contribution in [-0.2, 0) is 11.0 Å². The standard InChI is InChI=1S/C18H17F5N2O/c1-11(12-7-8-14(19)15(20)9-12)25(2)10-17(26)24-16-6-4-3-5-13(16)18(21,22)23/h3-9,11H,10H2,1-2H3,(H,24,26). The van der Waals surface area contributed by atoms with Gasteiger partial charge in [0, 0.05) is 6.04 Å². The van der Waals surface area contributed by atoms with Gasteiger partial charge in [-0.1, -0.05) is 18.2 Å². The van der Waals surface area contributed by atoms with E-state index in [-0.39, 0.29) is 12.2 Å². The monoisotopic (exact) mass is 372 g/mol. The summed E-state index contributed by atoms with van der Waals surface area (Å²) in [5.74, 6) is -2.64. The van der Waals surface area contributed by atoms with Crippen molar-refractivity contribution < 1.29 is 26.7 Å². The zero-order valence-corrected chi connectivity index (χ0v) is 14.1. The Bertz CT molecular complexity index is 791. The van der Waals surface area contributed by atoms with Crippen LogP contribution in [0.2, 0.25) is 0 Å². The molecule has 140 valence electrons. The molecule has 0 saturated heterocycles. The molecule has 1 N–H and O–H groups in total. The summed E-state index contributed by atoms with van der Waals surface area (Å²) in [6.07, 6.45) is -4.59. The molecule has 0 aliphatic heterocycles. The Kier molecular flexibility index (Phi) is 5.97. The molecule has 1 unspecified atom stereocenters. The number of hydrogen-bond donors (Lipinski definition) is 1. The molecule has 1 amide bonds. The zero-order valence-electron chi connectivity index (χ0n) is 14.1. The van der Waals surface area contributed by atoms with E-state index in [1.54, 1.807) is 14.0 Å². The fraction of sp³-hybridized carbons (Fsp3) is 0.278. The average molecular weight is 372 g/mol. The molecule has 2 rings (SSSR count). The molecule has 0 aliphatic rings. The number of nitrogens with zero attached hydrogens (tertiary/aromatic N) is 1. The number of para-hydroxylation sites is 1. The lowest BCUT2D eigenvalue weighted by Gasteiger charge is -2.25. The van der Waals surface area contributed by atoms with Crippen LogP contribution in [0.5, 0.6) is 0 Å². The quantitative estimate of drug-likeness (QED) is 0.777. The summed E-state index contributed by atoms with van der Waals surface area (Å²) in [6, 6.07) is 7.60. The minimum absolute atomic E-state index is 0.230. The summed E-state index contributed by atoms with van der Waals surface area (Å²) in [7, 11) is 1.56. The lowest BCUT2D eigenvalue weighted by Crippen LogP contribution is -2.32. The van der Waals surface area contributed by atoms with Gasteiger partial charge < -0.3 is 5.32 Å². The van der Waals surface area contributed by atoms with Crippen LogP contribution in [0.4, 0.5) is 27.6 Å². The second-order valence-electron chi connectivity index (χ2n) is 5.86. The van der Waals surface area contributed by atoms with E-state index in [0.29, 0.717) is 5.56 Å². The summed E-state index contributed by atoms with van der Waals surface area (Å²) >= 11 is 0. The zero-order chi connectivity index (χ0) is 19.5. The van der Waals surface area contributed by atoms with Gasteiger partial charge in [0.15, 0.2) is 11.6 Å². The van der Waals surface area contributed by atoms with E-state index in [0.717, 1.165) is 18.2 Å². The Morgan fingerprint density at radius 2 is 1.77 bits per heavy atom. The van der Waals surface area contributed by atoms with Crippen LogP contribution in [0.25, 0.3) is 0 Å². The number of likely N-dealkylation sites (N-methyl/N-ethyl adjacent to an activating group) is 1. The molecule has 0 heterocycles. The number of hydrogen-bond acceptors (Lipinski definition) is 2. The molecule has 26 heavy (non-hydrogen) atoms. The van der Waals surface area contributed by atoms with Crippen LogP contribution < -0.4 is 5.32 Å². The average Bonchev–Trinajstić information content (AvgIpc) is 2.56. The van der Waals surface area contributed by atoms with Gasteiger partial charge in [-0.15, -0.1) is 0 Å². The number of rotatable bonds is 5. The number of benzene rings is 2. The van der Waals surface area contributed by atoms with Gasteiger partial charge in [-0.2, -0.15) is 13.2 Å². The number of alkyl halides is 3. The van der Waals surface area contributed by atoms with Crippen molar-refractivity contribution in [3.05, 3.63) is 65.2 Å². The van der Waals surface area contributed by atoms with Crippen molar-refractivity contribution in [3.8, 4) is 0 Å². The minimum atomic E-state index is -4.59. The highest BCUT2D eigenvalue weighted by Gasteiger charge is 2.33. The smallest absolute Gasteiger partial charge is 0.324 e. The van der Waals surface area contributed by atoms with Crippen LogP contribution >= 0.6 is 0 Å². The molecule has 3 nitrogen and oxygen atoms in total. The van der Waals surface area contributed by atoms with E-state index < -0.39 is 35.3 Å². The van der Waals surface area contributed by atoms with Crippen LogP contribution in [-0.4, -0.2) is 24.4 Å². The van der Waals surface area contributed by atoms with Gasteiger partial charge in [0.1, 0.15) is 0 Å². The number of carbonyl (C=O) groups is 1. The van der Waals surface area contributed by atoms with E-state index in [1.165, 1.54) is 29.2 Å². The Hall–Kier alpha value is -2.48. The number of nitrogens with one attached hydrogen (secondary N) is 1. The third-order valence-corrected chi connectivity index (χ3v) is 3.99. The number of carbonyl (C=O) groups excluding carboxylic acids is 1. The fourth-order valence-electron chi connectivity index (χ4n) is 2.42. The third-order valence-electron chi connectivity index (χ3n) is 3.99. The number of amides is 1. The lowest BCUT2D eigenvalue weighted by atomic mass is 10.1. The van der Waals surface area contributed by atoms with Crippen LogP contribution in [0, 0.1) is 11.6 Å². The van der Waals surface area contributed by atoms with Crippen molar-refractivity contribution in [2.24, 2.45) is 0 Å². The predicted octanol–water partition coefficient (Wildman–Crippen LogP) is 4.62. The molecule has 0 bridgehead atoms. The van der Waals surface area contributed by atoms with Gasteiger partial charge in [-0.25, -0.2) is 8.78 Å². The highest BCUT2D eigenvalue weighted by Crippen LogP contribution is 2.34. The van der Waals surface area contributed by atoms with Crippen LogP contribution in [0.15, 0.2) is 42.5 Å². The Morgan fingerprint density at radius 3 is 2.38 bits per heavy atom. The van der Waals surface area contributed by atoms with Gasteiger partial charge in [-0.3, -0.25) is 9.69 Å². The first-order valence-electron chi connectivity index (χ1n) is 7.71. The van der Waals surface area contributed by atoms with Crippen molar-refractivity contribution in [2.45, 2.75) is 19.1 Å². The fourth-order valence-corrected chi connectivity index (χ4v) is 2.42. The molecule has 0 fully saturated rings. The number of halogens is 5. The third kappa shape index (κ3) is 4.78. The van der Waals surface area contributed by atoms with E-state index in [1.807, 2.05) is 0 Å². The van der Waals surface area contributed by atoms with E-state index in [9.17, 15) is 26.7 Å². The maximum atomic E-state index is 13.3. The highest BCUT2D eigenvalue weighted by molar-refractivity contribution is 5.93. The van der Waals surface area contributed by atoms with Gasteiger partial charge in [0.25, 0.3) is 0 Å². The summed E-state index contributed by atoms with van der Waals surface area (Å²) in [4.78, 5) is 13.6. The van der Waals surface area contributed by atoms with Crippen LogP contribution in [0.1, 0.15) is 24.1 Å². The van der Waals surface area contributed by atoms with E-state index in [4.69, 9.17) is 0 Å². The van der Waals surface area contributed by atoms with Crippen molar-refractivity contribution in [1.29, 1.82) is 0 Å². The molecule has 8 heteroatoms. The maximum absolute atomic E-state index is 13.3. The number of anilines is 1. The van der Waals surface area contributed by atoms with Crippen molar-refractivity contribution in [1.82, 2.24) is 4.90 Å². The molecule has 0 aromatic heterocycles. The second kappa shape index (κ2) is 7.82. The Labute approximate surface area is 147 Å². The van der Waals surface area contributed by atoms with Gasteiger partial charge in [-0.05, 0) is 43.8 Å². The lowest BCUT2D eigenvalue weighted by molar-refractivity contribution is -0.137. The highest BCUT2D eigenvalue weighted by atomic mass is 19.4. The first-order valence-corrected chi connectivity index (χ1v) is 7.71. The summed E-state index contributed by atoms with van der Waals surface area (Å²) in [6.45, 7) is 1.44. The summed E-state index contributed by atoms with van der Waals surface area (Å²) < 4.78 is 65.2. The Morgan fingerprint density at radius 1 is 1.12 bits per heavy atom. The van der Waals surface area contributed by atoms with Gasteiger partial charge in [0.2, 0.25) is 5.91 Å². The molecular weight excluding hydrogens is 355 g/mol. The topological polar surface area (TPSA) is 32.3 Å². The van der Waals surface area contributed by atoms with Crippen molar-refractivity contribution in [3.63, 3.8) is 0 Å². The SMILES string of the molecule is CC(c1ccc(F)c(F)c1)N(C)CC(=O)Nc1ccccc1C(F)(F)F. The molecule has 1 atom stereocenters. The van der Waals surface area contributed by atoms with Gasteiger partial charge in [0.05, 0.1) is 17.8 Å². The van der Waals surface area contributed by atoms with Crippen LogP contribution in [0.3, 0.4) is 0 Å². The predicted molar refractivity (Wildman–Crippen MR) is 87.5 cm³/mol.